The van der Waals surface area contributed by atoms with Crippen LogP contribution in [0, 0.1) is 6.92 Å². The quantitative estimate of drug-likeness (QED) is 0.748. The minimum absolute atomic E-state index is 0.267. The molecule has 0 radical (unpaired) electrons. The maximum atomic E-state index is 12.1. The molecule has 1 N–H and O–H groups in total. The maximum absolute atomic E-state index is 12.1. The molecule has 106 valence electrons. The largest absolute Gasteiger partial charge is 0.388 e. The molecule has 0 bridgehead atoms. The molecule has 1 heterocycles. The van der Waals surface area contributed by atoms with Crippen LogP contribution in [0.5, 0.6) is 0 Å². The van der Waals surface area contributed by atoms with Crippen LogP contribution in [0.2, 0.25) is 5.02 Å². The van der Waals surface area contributed by atoms with Crippen molar-refractivity contribution in [1.29, 1.82) is 0 Å². The van der Waals surface area contributed by atoms with Gasteiger partial charge in [0, 0.05) is 27.4 Å². The van der Waals surface area contributed by atoms with Crippen molar-refractivity contribution in [1.82, 2.24) is 4.57 Å². The van der Waals surface area contributed by atoms with E-state index in [1.54, 1.807) is 0 Å². The molecule has 0 amide bonds. The van der Waals surface area contributed by atoms with Gasteiger partial charge in [-0.15, -0.1) is 0 Å². The summed E-state index contributed by atoms with van der Waals surface area (Å²) in [7, 11) is 0. The van der Waals surface area contributed by atoms with E-state index in [0.717, 1.165) is 22.3 Å². The second kappa shape index (κ2) is 5.35. The predicted octanol–water partition coefficient (Wildman–Crippen LogP) is 3.77. The highest BCUT2D eigenvalue weighted by atomic mass is 35.5. The third kappa shape index (κ3) is 2.24. The third-order valence-electron chi connectivity index (χ3n) is 3.62. The smallest absolute Gasteiger partial charge is 0.190 e. The second-order valence-corrected chi connectivity index (χ2v) is 5.31. The third-order valence-corrected chi connectivity index (χ3v) is 3.87. The molecule has 0 unspecified atom stereocenters. The number of hydrogen-bond acceptors (Lipinski definition) is 2. The first kappa shape index (κ1) is 13.9. The zero-order valence-electron chi connectivity index (χ0n) is 11.5. The Balaban J connectivity index is 2.35. The Bertz CT molecular complexity index is 819. The van der Waals surface area contributed by atoms with Crippen LogP contribution in [-0.2, 0) is 0 Å². The summed E-state index contributed by atoms with van der Waals surface area (Å²) in [5.74, 6) is -0.267. The summed E-state index contributed by atoms with van der Waals surface area (Å²) < 4.78 is 2.01. The molecule has 0 aliphatic heterocycles. The number of Topliss-reactive ketones (excluding diaryl/α,β-unsaturated/α-hetero) is 1. The predicted molar refractivity (Wildman–Crippen MR) is 84.4 cm³/mol. The van der Waals surface area contributed by atoms with Gasteiger partial charge in [-0.05, 0) is 37.3 Å². The van der Waals surface area contributed by atoms with E-state index < -0.39 is 6.61 Å². The second-order valence-electron chi connectivity index (χ2n) is 4.87. The van der Waals surface area contributed by atoms with Crippen LogP contribution in [0.25, 0.3) is 16.6 Å². The zero-order chi connectivity index (χ0) is 15.0. The highest BCUT2D eigenvalue weighted by Crippen LogP contribution is 2.29. The van der Waals surface area contributed by atoms with Crippen molar-refractivity contribution in [3.05, 3.63) is 64.8 Å². The molecular formula is C17H14ClNO2. The van der Waals surface area contributed by atoms with Gasteiger partial charge in [-0.2, -0.15) is 0 Å². The number of halogens is 1. The van der Waals surface area contributed by atoms with Crippen LogP contribution in [0.15, 0.2) is 48.5 Å². The Morgan fingerprint density at radius 3 is 2.48 bits per heavy atom. The molecule has 0 spiro atoms. The van der Waals surface area contributed by atoms with E-state index in [9.17, 15) is 9.90 Å². The number of rotatable bonds is 3. The first-order chi connectivity index (χ1) is 10.1. The summed E-state index contributed by atoms with van der Waals surface area (Å²) in [5.41, 5.74) is 3.26. The average Bonchev–Trinajstić information content (AvgIpc) is 2.80. The minimum Gasteiger partial charge on any atom is -0.388 e. The normalized spacial score (nSPS) is 11.0. The molecule has 0 saturated heterocycles. The van der Waals surface area contributed by atoms with E-state index in [-0.39, 0.29) is 5.78 Å². The number of para-hydroxylation sites is 1. The van der Waals surface area contributed by atoms with Gasteiger partial charge < -0.3 is 9.67 Å². The SMILES string of the molecule is Cc1c(C(=O)CO)c2ccccc2n1-c1ccc(Cl)cc1. The molecule has 1 aromatic heterocycles. The van der Waals surface area contributed by atoms with Crippen molar-refractivity contribution in [2.24, 2.45) is 0 Å². The molecular weight excluding hydrogens is 286 g/mol. The Kier molecular flexibility index (Phi) is 3.53. The van der Waals surface area contributed by atoms with Crippen LogP contribution in [0.1, 0.15) is 16.1 Å². The van der Waals surface area contributed by atoms with Gasteiger partial charge in [0.1, 0.15) is 6.61 Å². The lowest BCUT2D eigenvalue weighted by atomic mass is 10.1. The van der Waals surface area contributed by atoms with Crippen LogP contribution in [0.4, 0.5) is 0 Å². The van der Waals surface area contributed by atoms with Crippen LogP contribution < -0.4 is 0 Å². The van der Waals surface area contributed by atoms with Gasteiger partial charge >= 0.3 is 0 Å². The molecule has 0 fully saturated rings. The Hall–Kier alpha value is -2.10. The van der Waals surface area contributed by atoms with Crippen molar-refractivity contribution in [2.45, 2.75) is 6.92 Å². The molecule has 3 nitrogen and oxygen atoms in total. The lowest BCUT2D eigenvalue weighted by Gasteiger charge is -2.08. The van der Waals surface area contributed by atoms with Crippen molar-refractivity contribution >= 4 is 28.3 Å². The number of aromatic nitrogens is 1. The molecule has 0 aliphatic carbocycles. The standard InChI is InChI=1S/C17H14ClNO2/c1-11-17(16(21)10-20)14-4-2-3-5-15(14)19(11)13-8-6-12(18)7-9-13/h2-9,20H,10H2,1H3. The number of hydrogen-bond donors (Lipinski definition) is 1. The Morgan fingerprint density at radius 1 is 1.14 bits per heavy atom. The number of nitrogens with zero attached hydrogens (tertiary/aromatic N) is 1. The molecule has 3 rings (SSSR count). The molecule has 0 atom stereocenters. The lowest BCUT2D eigenvalue weighted by Crippen LogP contribution is -2.06. The Morgan fingerprint density at radius 2 is 1.81 bits per heavy atom. The van der Waals surface area contributed by atoms with Crippen molar-refractivity contribution < 1.29 is 9.90 Å². The van der Waals surface area contributed by atoms with E-state index in [4.69, 9.17) is 11.6 Å². The first-order valence-corrected chi connectivity index (χ1v) is 7.01. The van der Waals surface area contributed by atoms with Gasteiger partial charge in [0.05, 0.1) is 5.52 Å². The molecule has 0 aliphatic rings. The number of carbonyl (C=O) groups is 1. The number of carbonyl (C=O) groups excluding carboxylic acids is 1. The average molecular weight is 300 g/mol. The van der Waals surface area contributed by atoms with E-state index in [1.807, 2.05) is 60.0 Å². The number of aliphatic hydroxyl groups excluding tert-OH is 1. The number of aliphatic hydroxyl groups is 1. The van der Waals surface area contributed by atoms with Crippen molar-refractivity contribution in [3.8, 4) is 5.69 Å². The van der Waals surface area contributed by atoms with E-state index in [0.29, 0.717) is 10.6 Å². The van der Waals surface area contributed by atoms with Crippen LogP contribution in [0.3, 0.4) is 0 Å². The molecule has 3 aromatic rings. The Labute approximate surface area is 127 Å². The monoisotopic (exact) mass is 299 g/mol. The molecule has 0 saturated carbocycles. The number of ketones is 1. The van der Waals surface area contributed by atoms with Crippen molar-refractivity contribution in [2.75, 3.05) is 6.61 Å². The van der Waals surface area contributed by atoms with Gasteiger partial charge in [0.15, 0.2) is 5.78 Å². The van der Waals surface area contributed by atoms with Crippen LogP contribution in [-0.4, -0.2) is 22.1 Å². The summed E-state index contributed by atoms with van der Waals surface area (Å²) in [6.07, 6.45) is 0. The molecule has 21 heavy (non-hydrogen) atoms. The van der Waals surface area contributed by atoms with Gasteiger partial charge in [-0.3, -0.25) is 4.79 Å². The summed E-state index contributed by atoms with van der Waals surface area (Å²) in [4.78, 5) is 12.1. The summed E-state index contributed by atoms with van der Waals surface area (Å²) in [5, 5.41) is 10.7. The minimum atomic E-state index is -0.491. The fraction of sp³-hybridized carbons (Fsp3) is 0.118. The van der Waals surface area contributed by atoms with E-state index >= 15 is 0 Å². The number of fused-ring (bicyclic) bond motifs is 1. The summed E-state index contributed by atoms with van der Waals surface area (Å²) in [6, 6.07) is 15.1. The highest BCUT2D eigenvalue weighted by Gasteiger charge is 2.19. The highest BCUT2D eigenvalue weighted by molar-refractivity contribution is 6.30. The number of benzene rings is 2. The van der Waals surface area contributed by atoms with Gasteiger partial charge in [0.2, 0.25) is 0 Å². The van der Waals surface area contributed by atoms with E-state index in [2.05, 4.69) is 0 Å². The van der Waals surface area contributed by atoms with Gasteiger partial charge in [0.25, 0.3) is 0 Å². The van der Waals surface area contributed by atoms with E-state index in [1.165, 1.54) is 0 Å². The lowest BCUT2D eigenvalue weighted by molar-refractivity contribution is 0.0904. The first-order valence-electron chi connectivity index (χ1n) is 6.63. The fourth-order valence-electron chi connectivity index (χ4n) is 2.72. The summed E-state index contributed by atoms with van der Waals surface area (Å²) >= 11 is 5.94. The zero-order valence-corrected chi connectivity index (χ0v) is 12.3. The molecule has 4 heteroatoms. The fourth-order valence-corrected chi connectivity index (χ4v) is 2.85. The molecule has 2 aromatic carbocycles. The van der Waals surface area contributed by atoms with Gasteiger partial charge in [-0.1, -0.05) is 29.8 Å². The topological polar surface area (TPSA) is 42.2 Å². The van der Waals surface area contributed by atoms with Crippen molar-refractivity contribution in [3.63, 3.8) is 0 Å². The summed E-state index contributed by atoms with van der Waals surface area (Å²) in [6.45, 7) is 1.40. The maximum Gasteiger partial charge on any atom is 0.190 e. The van der Waals surface area contributed by atoms with Gasteiger partial charge in [-0.25, -0.2) is 0 Å². The van der Waals surface area contributed by atoms with Crippen LogP contribution >= 0.6 is 11.6 Å².